The second kappa shape index (κ2) is 5.13. The van der Waals surface area contributed by atoms with Crippen LogP contribution in [0, 0.1) is 11.3 Å². The molecule has 1 fully saturated rings. The predicted molar refractivity (Wildman–Crippen MR) is 60.5 cm³/mol. The Balaban J connectivity index is 2.24. The molecule has 0 atom stereocenters. The fourth-order valence-electron chi connectivity index (χ4n) is 1.51. The lowest BCUT2D eigenvalue weighted by molar-refractivity contribution is 0.0732. The molecule has 1 N–H and O–H groups in total. The van der Waals surface area contributed by atoms with Crippen molar-refractivity contribution in [2.75, 3.05) is 19.8 Å². The van der Waals surface area contributed by atoms with Crippen LogP contribution in [-0.2, 0) is 4.74 Å². The lowest BCUT2D eigenvalue weighted by Crippen LogP contribution is -2.41. The summed E-state index contributed by atoms with van der Waals surface area (Å²) >= 11 is 0. The molecule has 0 bridgehead atoms. The molecular weight excluding hydrogens is 174 g/mol. The van der Waals surface area contributed by atoms with Gasteiger partial charge in [0.05, 0.1) is 0 Å². The van der Waals surface area contributed by atoms with Crippen molar-refractivity contribution in [2.24, 2.45) is 11.3 Å². The first-order chi connectivity index (χ1) is 6.52. The molecule has 0 aliphatic carbocycles. The van der Waals surface area contributed by atoms with Gasteiger partial charge in [0.15, 0.2) is 0 Å². The molecule has 1 rings (SSSR count). The van der Waals surface area contributed by atoms with Gasteiger partial charge in [0.1, 0.15) is 0 Å². The molecule has 1 aliphatic heterocycles. The van der Waals surface area contributed by atoms with Gasteiger partial charge in [0.2, 0.25) is 0 Å². The molecule has 14 heavy (non-hydrogen) atoms. The molecule has 0 unspecified atom stereocenters. The quantitative estimate of drug-likeness (QED) is 0.751. The van der Waals surface area contributed by atoms with E-state index in [2.05, 4.69) is 33.0 Å². The van der Waals surface area contributed by atoms with E-state index in [-0.39, 0.29) is 0 Å². The van der Waals surface area contributed by atoms with Gasteiger partial charge in [-0.25, -0.2) is 0 Å². The number of ether oxygens (including phenoxy) is 1. The van der Waals surface area contributed by atoms with Crippen molar-refractivity contribution >= 4 is 0 Å². The maximum atomic E-state index is 5.34. The highest BCUT2D eigenvalue weighted by atomic mass is 16.5. The first kappa shape index (κ1) is 12.0. The van der Waals surface area contributed by atoms with Crippen LogP contribution in [0.2, 0.25) is 0 Å². The minimum Gasteiger partial charge on any atom is -0.381 e. The lowest BCUT2D eigenvalue weighted by atomic mass is 9.81. The number of rotatable bonds is 4. The Morgan fingerprint density at radius 3 is 2.36 bits per heavy atom. The summed E-state index contributed by atoms with van der Waals surface area (Å²) in [4.78, 5) is 0. The van der Waals surface area contributed by atoms with E-state index in [1.54, 1.807) is 0 Å². The smallest absolute Gasteiger partial charge is 0.0480 e. The molecule has 0 aromatic carbocycles. The fraction of sp³-hybridized carbons (Fsp3) is 1.00. The number of hydrogen-bond donors (Lipinski definition) is 1. The Bertz CT molecular complexity index is 160. The van der Waals surface area contributed by atoms with Crippen molar-refractivity contribution in [1.82, 2.24) is 5.32 Å². The van der Waals surface area contributed by atoms with Crippen LogP contribution in [0.3, 0.4) is 0 Å². The molecule has 0 amide bonds. The third-order valence-electron chi connectivity index (χ3n) is 3.63. The SMILES string of the molecule is CC(C)C(C)(C)CNC1CCOCC1. The summed E-state index contributed by atoms with van der Waals surface area (Å²) in [5.41, 5.74) is 0.401. The van der Waals surface area contributed by atoms with Gasteiger partial charge in [-0.2, -0.15) is 0 Å². The van der Waals surface area contributed by atoms with Gasteiger partial charge in [-0.05, 0) is 24.2 Å². The zero-order valence-electron chi connectivity index (χ0n) is 10.1. The van der Waals surface area contributed by atoms with Crippen molar-refractivity contribution in [3.8, 4) is 0 Å². The molecule has 2 nitrogen and oxygen atoms in total. The standard InChI is InChI=1S/C12H25NO/c1-10(2)12(3,4)9-13-11-5-7-14-8-6-11/h10-11,13H,5-9H2,1-4H3. The molecule has 2 heteroatoms. The maximum absolute atomic E-state index is 5.34. The van der Waals surface area contributed by atoms with Crippen LogP contribution >= 0.6 is 0 Å². The fourth-order valence-corrected chi connectivity index (χ4v) is 1.51. The summed E-state index contributed by atoms with van der Waals surface area (Å²) in [6, 6.07) is 0.682. The zero-order chi connectivity index (χ0) is 10.6. The van der Waals surface area contributed by atoms with Crippen molar-refractivity contribution in [3.63, 3.8) is 0 Å². The number of nitrogens with one attached hydrogen (secondary N) is 1. The summed E-state index contributed by atoms with van der Waals surface area (Å²) in [7, 11) is 0. The van der Waals surface area contributed by atoms with Crippen LogP contribution in [0.5, 0.6) is 0 Å². The Kier molecular flexibility index (Phi) is 4.39. The highest BCUT2D eigenvalue weighted by Gasteiger charge is 2.23. The molecule has 1 aliphatic rings. The monoisotopic (exact) mass is 199 g/mol. The summed E-state index contributed by atoms with van der Waals surface area (Å²) in [5.74, 6) is 0.731. The average Bonchev–Trinajstić information content (AvgIpc) is 2.16. The highest BCUT2D eigenvalue weighted by Crippen LogP contribution is 2.25. The first-order valence-corrected chi connectivity index (χ1v) is 5.83. The third-order valence-corrected chi connectivity index (χ3v) is 3.63. The van der Waals surface area contributed by atoms with Crippen molar-refractivity contribution in [2.45, 2.75) is 46.6 Å². The summed E-state index contributed by atoms with van der Waals surface area (Å²) in [6.07, 6.45) is 2.35. The average molecular weight is 199 g/mol. The Morgan fingerprint density at radius 2 is 1.86 bits per heavy atom. The maximum Gasteiger partial charge on any atom is 0.0480 e. The van der Waals surface area contributed by atoms with E-state index in [0.29, 0.717) is 11.5 Å². The third kappa shape index (κ3) is 3.58. The summed E-state index contributed by atoms with van der Waals surface area (Å²) < 4.78 is 5.34. The van der Waals surface area contributed by atoms with E-state index < -0.39 is 0 Å². The van der Waals surface area contributed by atoms with E-state index in [9.17, 15) is 0 Å². The van der Waals surface area contributed by atoms with Crippen LogP contribution in [0.1, 0.15) is 40.5 Å². The van der Waals surface area contributed by atoms with Crippen molar-refractivity contribution < 1.29 is 4.74 Å². The van der Waals surface area contributed by atoms with Crippen LogP contribution in [0.4, 0.5) is 0 Å². The molecule has 0 spiro atoms. The van der Waals surface area contributed by atoms with Gasteiger partial charge in [-0.3, -0.25) is 0 Å². The lowest BCUT2D eigenvalue weighted by Gasteiger charge is -2.33. The molecule has 84 valence electrons. The van der Waals surface area contributed by atoms with Gasteiger partial charge < -0.3 is 10.1 Å². The Labute approximate surface area is 88.4 Å². The van der Waals surface area contributed by atoms with Crippen LogP contribution < -0.4 is 5.32 Å². The van der Waals surface area contributed by atoms with Gasteiger partial charge >= 0.3 is 0 Å². The first-order valence-electron chi connectivity index (χ1n) is 5.83. The number of hydrogen-bond acceptors (Lipinski definition) is 2. The van der Waals surface area contributed by atoms with E-state index in [1.807, 2.05) is 0 Å². The van der Waals surface area contributed by atoms with E-state index in [1.165, 1.54) is 12.8 Å². The van der Waals surface area contributed by atoms with E-state index in [4.69, 9.17) is 4.74 Å². The van der Waals surface area contributed by atoms with Crippen molar-refractivity contribution in [3.05, 3.63) is 0 Å². The molecular formula is C12H25NO. The zero-order valence-corrected chi connectivity index (χ0v) is 10.1. The van der Waals surface area contributed by atoms with Crippen LogP contribution in [0.15, 0.2) is 0 Å². The normalized spacial score (nSPS) is 20.4. The summed E-state index contributed by atoms with van der Waals surface area (Å²) in [6.45, 7) is 12.3. The topological polar surface area (TPSA) is 21.3 Å². The minimum atomic E-state index is 0.401. The second-order valence-corrected chi connectivity index (χ2v) is 5.41. The largest absolute Gasteiger partial charge is 0.381 e. The molecule has 0 saturated carbocycles. The van der Waals surface area contributed by atoms with Gasteiger partial charge in [-0.15, -0.1) is 0 Å². The molecule has 0 radical (unpaired) electrons. The molecule has 0 aromatic rings. The van der Waals surface area contributed by atoms with Gasteiger partial charge in [-0.1, -0.05) is 27.7 Å². The predicted octanol–water partition coefficient (Wildman–Crippen LogP) is 2.44. The van der Waals surface area contributed by atoms with E-state index in [0.717, 1.165) is 25.7 Å². The van der Waals surface area contributed by atoms with Gasteiger partial charge in [0, 0.05) is 25.8 Å². The highest BCUT2D eigenvalue weighted by molar-refractivity contribution is 4.79. The Morgan fingerprint density at radius 1 is 1.29 bits per heavy atom. The van der Waals surface area contributed by atoms with Crippen LogP contribution in [0.25, 0.3) is 0 Å². The minimum absolute atomic E-state index is 0.401. The van der Waals surface area contributed by atoms with E-state index >= 15 is 0 Å². The van der Waals surface area contributed by atoms with Crippen LogP contribution in [-0.4, -0.2) is 25.8 Å². The molecule has 0 aromatic heterocycles. The van der Waals surface area contributed by atoms with Gasteiger partial charge in [0.25, 0.3) is 0 Å². The summed E-state index contributed by atoms with van der Waals surface area (Å²) in [5, 5.41) is 3.66. The second-order valence-electron chi connectivity index (χ2n) is 5.41. The molecule has 1 heterocycles. The molecule has 1 saturated heterocycles. The Hall–Kier alpha value is -0.0800. The van der Waals surface area contributed by atoms with Crippen molar-refractivity contribution in [1.29, 1.82) is 0 Å².